The number of fused-ring (bicyclic) bond motifs is 1. The molecule has 0 aliphatic heterocycles. The van der Waals surface area contributed by atoms with E-state index in [4.69, 9.17) is 10.1 Å². The highest BCUT2D eigenvalue weighted by Gasteiger charge is 2.14. The number of imidazole rings is 1. The fraction of sp³-hybridized carbons (Fsp3) is 0.148. The lowest BCUT2D eigenvalue weighted by atomic mass is 10.2. The molecule has 2 heterocycles. The van der Waals surface area contributed by atoms with Crippen molar-refractivity contribution in [1.82, 2.24) is 19.5 Å². The zero-order chi connectivity index (χ0) is 26.7. The molecule has 0 bridgehead atoms. The number of sulfonamides is 1. The maximum Gasteiger partial charge on any atom is 0.238 e. The van der Waals surface area contributed by atoms with Crippen LogP contribution in [0.2, 0.25) is 0 Å². The molecule has 2 aromatic heterocycles. The number of primary sulfonamides is 1. The number of nitrogens with two attached hydrogens (primary N) is 1. The van der Waals surface area contributed by atoms with Gasteiger partial charge in [-0.3, -0.25) is 0 Å². The maximum absolute atomic E-state index is 11.7. The molecule has 5 aromatic rings. The van der Waals surface area contributed by atoms with Crippen LogP contribution >= 0.6 is 0 Å². The summed E-state index contributed by atoms with van der Waals surface area (Å²) in [5, 5.41) is 11.7. The van der Waals surface area contributed by atoms with E-state index < -0.39 is 10.0 Å². The maximum atomic E-state index is 11.7. The average Bonchev–Trinajstić information content (AvgIpc) is 3.28. The van der Waals surface area contributed by atoms with Crippen LogP contribution in [0.1, 0.15) is 12.5 Å². The molecular formula is C27H28N8O2S. The predicted molar refractivity (Wildman–Crippen MR) is 150 cm³/mol. The minimum absolute atomic E-state index is 0.00761. The van der Waals surface area contributed by atoms with Gasteiger partial charge in [-0.15, -0.1) is 0 Å². The van der Waals surface area contributed by atoms with Crippen molar-refractivity contribution >= 4 is 50.1 Å². The molecule has 0 aliphatic rings. The molecule has 11 heteroatoms. The van der Waals surface area contributed by atoms with Gasteiger partial charge in [0.05, 0.1) is 15.9 Å². The molecule has 0 saturated carbocycles. The third-order valence-electron chi connectivity index (χ3n) is 6.13. The predicted octanol–water partition coefficient (Wildman–Crippen LogP) is 4.62. The molecule has 0 atom stereocenters. The number of hydrogen-bond acceptors (Lipinski definition) is 8. The standard InChI is InChI=1S/C27H28N8O2S/c1-3-35-24-13-12-21(17-23(24)32-27(35)30-18-19-8-5-4-6-9-19)34(2)25-14-15-29-26(33-25)31-20-10-7-11-22(16-20)38(28,36)37/h4-17H,3,18H2,1-2H3,(H,30,32)(H2,28,36,37)(H,29,31,33). The Hall–Kier alpha value is -4.48. The highest BCUT2D eigenvalue weighted by Crippen LogP contribution is 2.29. The highest BCUT2D eigenvalue weighted by molar-refractivity contribution is 7.89. The van der Waals surface area contributed by atoms with E-state index >= 15 is 0 Å². The van der Waals surface area contributed by atoms with E-state index in [9.17, 15) is 8.42 Å². The number of aryl methyl sites for hydroxylation is 1. The van der Waals surface area contributed by atoms with Gasteiger partial charge >= 0.3 is 0 Å². The van der Waals surface area contributed by atoms with Gasteiger partial charge in [0.1, 0.15) is 5.82 Å². The highest BCUT2D eigenvalue weighted by atomic mass is 32.2. The van der Waals surface area contributed by atoms with Crippen molar-refractivity contribution in [3.05, 3.63) is 90.6 Å². The fourth-order valence-corrected chi connectivity index (χ4v) is 4.73. The number of anilines is 5. The van der Waals surface area contributed by atoms with Gasteiger partial charge in [0.15, 0.2) is 0 Å². The normalized spacial score (nSPS) is 11.4. The lowest BCUT2D eigenvalue weighted by molar-refractivity contribution is 0.598. The Labute approximate surface area is 221 Å². The smallest absolute Gasteiger partial charge is 0.238 e. The van der Waals surface area contributed by atoms with Gasteiger partial charge in [0.25, 0.3) is 0 Å². The molecule has 194 valence electrons. The molecule has 0 radical (unpaired) electrons. The summed E-state index contributed by atoms with van der Waals surface area (Å²) < 4.78 is 25.5. The van der Waals surface area contributed by atoms with Crippen LogP contribution in [0.15, 0.2) is 90.0 Å². The van der Waals surface area contributed by atoms with Crippen LogP contribution in [0.3, 0.4) is 0 Å². The third-order valence-corrected chi connectivity index (χ3v) is 7.04. The first-order chi connectivity index (χ1) is 18.3. The molecule has 5 rings (SSSR count). The number of hydrogen-bond donors (Lipinski definition) is 3. The molecule has 0 aliphatic carbocycles. The van der Waals surface area contributed by atoms with Crippen LogP contribution < -0.4 is 20.7 Å². The summed E-state index contributed by atoms with van der Waals surface area (Å²) in [6.45, 7) is 3.58. The Kier molecular flexibility index (Phi) is 6.95. The molecule has 3 aromatic carbocycles. The Morgan fingerprint density at radius 2 is 1.79 bits per heavy atom. The number of nitrogens with one attached hydrogen (secondary N) is 2. The van der Waals surface area contributed by atoms with Crippen LogP contribution in [0.25, 0.3) is 11.0 Å². The monoisotopic (exact) mass is 528 g/mol. The summed E-state index contributed by atoms with van der Waals surface area (Å²) in [5.41, 5.74) is 4.53. The van der Waals surface area contributed by atoms with Gasteiger partial charge in [0.2, 0.25) is 21.9 Å². The minimum atomic E-state index is -3.82. The quantitative estimate of drug-likeness (QED) is 0.253. The molecular weight excluding hydrogens is 500 g/mol. The second-order valence-electron chi connectivity index (χ2n) is 8.69. The Morgan fingerprint density at radius 1 is 0.974 bits per heavy atom. The lowest BCUT2D eigenvalue weighted by Crippen LogP contribution is -2.13. The molecule has 0 amide bonds. The van der Waals surface area contributed by atoms with Gasteiger partial charge in [0, 0.05) is 37.7 Å². The first kappa shape index (κ1) is 25.2. The number of rotatable bonds is 9. The van der Waals surface area contributed by atoms with Crippen molar-refractivity contribution in [3.8, 4) is 0 Å². The third kappa shape index (κ3) is 5.43. The summed E-state index contributed by atoms with van der Waals surface area (Å²) in [7, 11) is -1.90. The molecule has 4 N–H and O–H groups in total. The van der Waals surface area contributed by atoms with E-state index in [0.717, 1.165) is 29.2 Å². The van der Waals surface area contributed by atoms with Crippen LogP contribution in [-0.2, 0) is 23.1 Å². The summed E-state index contributed by atoms with van der Waals surface area (Å²) in [6.07, 6.45) is 1.64. The largest absolute Gasteiger partial charge is 0.352 e. The van der Waals surface area contributed by atoms with Crippen LogP contribution in [-0.4, -0.2) is 35.0 Å². The molecule has 10 nitrogen and oxygen atoms in total. The topological polar surface area (TPSA) is 131 Å². The molecule has 0 unspecified atom stereocenters. The SMILES string of the molecule is CCn1c(NCc2ccccc2)nc2cc(N(C)c3ccnc(Nc4cccc(S(N)(=O)=O)c4)n3)ccc21. The molecule has 38 heavy (non-hydrogen) atoms. The summed E-state index contributed by atoms with van der Waals surface area (Å²) in [6, 6.07) is 24.3. The van der Waals surface area contributed by atoms with Crippen LogP contribution in [0.5, 0.6) is 0 Å². The lowest BCUT2D eigenvalue weighted by Gasteiger charge is -2.19. The zero-order valence-electron chi connectivity index (χ0n) is 21.0. The Bertz CT molecular complexity index is 1690. The molecule has 0 saturated heterocycles. The van der Waals surface area contributed by atoms with E-state index in [1.165, 1.54) is 17.7 Å². The molecule has 0 fully saturated rings. The van der Waals surface area contributed by atoms with Gasteiger partial charge in [-0.25, -0.2) is 23.5 Å². The minimum Gasteiger partial charge on any atom is -0.352 e. The van der Waals surface area contributed by atoms with Crippen molar-refractivity contribution in [2.45, 2.75) is 24.9 Å². The number of nitrogens with zero attached hydrogens (tertiary/aromatic N) is 5. The zero-order valence-corrected chi connectivity index (χ0v) is 21.9. The summed E-state index contributed by atoms with van der Waals surface area (Å²) in [5.74, 6) is 1.80. The van der Waals surface area contributed by atoms with Gasteiger partial charge < -0.3 is 20.1 Å². The van der Waals surface area contributed by atoms with Gasteiger partial charge in [-0.2, -0.15) is 4.98 Å². The van der Waals surface area contributed by atoms with Gasteiger partial charge in [-0.1, -0.05) is 36.4 Å². The van der Waals surface area contributed by atoms with Crippen LogP contribution in [0.4, 0.5) is 29.1 Å². The second kappa shape index (κ2) is 10.5. The van der Waals surface area contributed by atoms with E-state index in [2.05, 4.69) is 50.3 Å². The van der Waals surface area contributed by atoms with Crippen molar-refractivity contribution in [1.29, 1.82) is 0 Å². The van der Waals surface area contributed by atoms with E-state index in [1.54, 1.807) is 24.4 Å². The van der Waals surface area contributed by atoms with Crippen molar-refractivity contribution in [3.63, 3.8) is 0 Å². The van der Waals surface area contributed by atoms with Crippen molar-refractivity contribution in [2.24, 2.45) is 5.14 Å². The van der Waals surface area contributed by atoms with Crippen molar-refractivity contribution in [2.75, 3.05) is 22.6 Å². The first-order valence-electron chi connectivity index (χ1n) is 12.1. The van der Waals surface area contributed by atoms with E-state index in [0.29, 0.717) is 24.0 Å². The van der Waals surface area contributed by atoms with E-state index in [1.807, 2.05) is 42.3 Å². The fourth-order valence-electron chi connectivity index (χ4n) is 4.17. The Balaban J connectivity index is 1.38. The summed E-state index contributed by atoms with van der Waals surface area (Å²) in [4.78, 5) is 15.7. The molecule has 0 spiro atoms. The van der Waals surface area contributed by atoms with Gasteiger partial charge in [-0.05, 0) is 55.0 Å². The van der Waals surface area contributed by atoms with Crippen LogP contribution in [0, 0.1) is 0 Å². The second-order valence-corrected chi connectivity index (χ2v) is 10.2. The van der Waals surface area contributed by atoms with E-state index in [-0.39, 0.29) is 4.90 Å². The average molecular weight is 529 g/mol. The summed E-state index contributed by atoms with van der Waals surface area (Å²) >= 11 is 0. The van der Waals surface area contributed by atoms with Crippen molar-refractivity contribution < 1.29 is 8.42 Å². The first-order valence-corrected chi connectivity index (χ1v) is 13.6. The number of aromatic nitrogens is 4. The Morgan fingerprint density at radius 3 is 2.55 bits per heavy atom. The number of benzene rings is 3.